The van der Waals surface area contributed by atoms with Gasteiger partial charge in [0.2, 0.25) is 0 Å². The number of nitrogens with zero attached hydrogens (tertiary/aromatic N) is 2. The van der Waals surface area contributed by atoms with E-state index >= 15 is 0 Å². The minimum atomic E-state index is -4.87. The number of carbonyl (C=O) groups excluding carboxylic acids is 1. The van der Waals surface area contributed by atoms with E-state index in [-0.39, 0.29) is 0 Å². The van der Waals surface area contributed by atoms with Gasteiger partial charge in [-0.3, -0.25) is 14.9 Å². The van der Waals surface area contributed by atoms with Gasteiger partial charge < -0.3 is 0 Å². The molecule has 116 valence electrons. The number of alkyl halides is 3. The maximum absolute atomic E-state index is 12.4. The molecule has 0 unspecified atom stereocenters. The summed E-state index contributed by atoms with van der Waals surface area (Å²) >= 11 is 0. The number of carbonyl (C=O) groups is 1. The van der Waals surface area contributed by atoms with Crippen LogP contribution in [0, 0.1) is 0 Å². The molecule has 0 saturated carbocycles. The number of aromatic amines is 1. The van der Waals surface area contributed by atoms with Gasteiger partial charge in [-0.1, -0.05) is 24.3 Å². The number of hydrogen-bond donors (Lipinski definition) is 1. The third-order valence-corrected chi connectivity index (χ3v) is 3.25. The number of pyridine rings is 1. The molecule has 0 aliphatic rings. The van der Waals surface area contributed by atoms with Crippen LogP contribution in [0.3, 0.4) is 0 Å². The van der Waals surface area contributed by atoms with Gasteiger partial charge >= 0.3 is 6.18 Å². The second kappa shape index (κ2) is 5.68. The number of H-pyrrole nitrogens is 1. The molecule has 1 N–H and O–H groups in total. The van der Waals surface area contributed by atoms with Crippen LogP contribution in [0.25, 0.3) is 22.5 Å². The zero-order chi connectivity index (χ0) is 16.4. The first-order valence-corrected chi connectivity index (χ1v) is 6.63. The fourth-order valence-corrected chi connectivity index (χ4v) is 2.10. The van der Waals surface area contributed by atoms with E-state index in [9.17, 15) is 18.0 Å². The predicted octanol–water partition coefficient (Wildman–Crippen LogP) is 3.88. The fraction of sp³-hybridized carbons (Fsp3) is 0.0625. The summed E-state index contributed by atoms with van der Waals surface area (Å²) in [6, 6.07) is 10.6. The van der Waals surface area contributed by atoms with Crippen molar-refractivity contribution in [3.8, 4) is 22.5 Å². The molecule has 0 atom stereocenters. The Labute approximate surface area is 129 Å². The van der Waals surface area contributed by atoms with Crippen LogP contribution in [-0.2, 0) is 0 Å². The number of rotatable bonds is 3. The lowest BCUT2D eigenvalue weighted by Crippen LogP contribution is -2.22. The Hall–Kier alpha value is -2.96. The van der Waals surface area contributed by atoms with Crippen molar-refractivity contribution in [2.24, 2.45) is 0 Å². The predicted molar refractivity (Wildman–Crippen MR) is 77.6 cm³/mol. The number of benzene rings is 1. The Bertz CT molecular complexity index is 824. The smallest absolute Gasteiger partial charge is 0.284 e. The molecule has 2 heterocycles. The van der Waals surface area contributed by atoms with E-state index in [1.54, 1.807) is 24.5 Å². The van der Waals surface area contributed by atoms with E-state index in [1.807, 2.05) is 6.07 Å². The van der Waals surface area contributed by atoms with Gasteiger partial charge in [0, 0.05) is 23.5 Å². The number of Topliss-reactive ketones (excluding diaryl/α,β-unsaturated/α-hetero) is 1. The van der Waals surface area contributed by atoms with Gasteiger partial charge in [-0.05, 0) is 23.8 Å². The summed E-state index contributed by atoms with van der Waals surface area (Å²) in [5.74, 6) is -1.86. The highest BCUT2D eigenvalue weighted by molar-refractivity contribution is 6.00. The van der Waals surface area contributed by atoms with Gasteiger partial charge in [0.25, 0.3) is 5.78 Å². The summed E-state index contributed by atoms with van der Waals surface area (Å²) in [5.41, 5.74) is 2.36. The average Bonchev–Trinajstić information content (AvgIpc) is 3.04. The van der Waals surface area contributed by atoms with Crippen molar-refractivity contribution in [3.05, 3.63) is 60.4 Å². The van der Waals surface area contributed by atoms with Crippen LogP contribution in [0.2, 0.25) is 0 Å². The van der Waals surface area contributed by atoms with Gasteiger partial charge in [0.1, 0.15) is 0 Å². The van der Waals surface area contributed by atoms with E-state index in [4.69, 9.17) is 0 Å². The van der Waals surface area contributed by atoms with E-state index in [2.05, 4.69) is 15.2 Å². The van der Waals surface area contributed by atoms with E-state index in [0.29, 0.717) is 17.0 Å². The van der Waals surface area contributed by atoms with Crippen molar-refractivity contribution >= 4 is 5.78 Å². The topological polar surface area (TPSA) is 58.6 Å². The van der Waals surface area contributed by atoms with Crippen LogP contribution in [0.5, 0.6) is 0 Å². The molecule has 1 aromatic carbocycles. The lowest BCUT2D eigenvalue weighted by molar-refractivity contribution is -0.0885. The van der Waals surface area contributed by atoms with Crippen LogP contribution in [0.4, 0.5) is 13.2 Å². The Kier molecular flexibility index (Phi) is 3.69. The van der Waals surface area contributed by atoms with Crippen LogP contribution in [0.15, 0.2) is 54.9 Å². The fourth-order valence-electron chi connectivity index (χ4n) is 2.10. The summed E-state index contributed by atoms with van der Waals surface area (Å²) < 4.78 is 37.1. The number of aromatic nitrogens is 3. The molecule has 4 nitrogen and oxygen atoms in total. The highest BCUT2D eigenvalue weighted by Crippen LogP contribution is 2.26. The first-order valence-electron chi connectivity index (χ1n) is 6.63. The van der Waals surface area contributed by atoms with E-state index in [1.165, 1.54) is 12.1 Å². The van der Waals surface area contributed by atoms with E-state index in [0.717, 1.165) is 17.7 Å². The van der Waals surface area contributed by atoms with Gasteiger partial charge in [0.05, 0.1) is 11.4 Å². The zero-order valence-corrected chi connectivity index (χ0v) is 11.6. The van der Waals surface area contributed by atoms with Gasteiger partial charge in [-0.2, -0.15) is 18.3 Å². The second-order valence-electron chi connectivity index (χ2n) is 4.81. The zero-order valence-electron chi connectivity index (χ0n) is 11.6. The first-order chi connectivity index (χ1) is 10.9. The molecule has 0 spiro atoms. The first kappa shape index (κ1) is 15.0. The normalized spacial score (nSPS) is 11.4. The minimum absolute atomic E-state index is 0.395. The highest BCUT2D eigenvalue weighted by atomic mass is 19.4. The van der Waals surface area contributed by atoms with Crippen molar-refractivity contribution in [2.45, 2.75) is 6.18 Å². The minimum Gasteiger partial charge on any atom is -0.284 e. The molecular weight excluding hydrogens is 307 g/mol. The largest absolute Gasteiger partial charge is 0.454 e. The number of hydrogen-bond acceptors (Lipinski definition) is 3. The van der Waals surface area contributed by atoms with E-state index < -0.39 is 17.5 Å². The monoisotopic (exact) mass is 317 g/mol. The van der Waals surface area contributed by atoms with Crippen LogP contribution < -0.4 is 0 Å². The molecule has 0 fully saturated rings. The molecule has 7 heteroatoms. The molecule has 0 aliphatic heterocycles. The Morgan fingerprint density at radius 2 is 1.78 bits per heavy atom. The maximum Gasteiger partial charge on any atom is 0.454 e. The molecule has 23 heavy (non-hydrogen) atoms. The quantitative estimate of drug-likeness (QED) is 0.746. The van der Waals surface area contributed by atoms with Crippen LogP contribution >= 0.6 is 0 Å². The van der Waals surface area contributed by atoms with Crippen molar-refractivity contribution in [1.29, 1.82) is 0 Å². The molecule has 0 amide bonds. The molecule has 0 radical (unpaired) electrons. The summed E-state index contributed by atoms with van der Waals surface area (Å²) in [4.78, 5) is 15.2. The third kappa shape index (κ3) is 3.13. The van der Waals surface area contributed by atoms with Gasteiger partial charge in [-0.15, -0.1) is 0 Å². The summed E-state index contributed by atoms with van der Waals surface area (Å²) in [6.07, 6.45) is -1.57. The maximum atomic E-state index is 12.4. The number of ketones is 1. The second-order valence-corrected chi connectivity index (χ2v) is 4.81. The van der Waals surface area contributed by atoms with Crippen molar-refractivity contribution in [3.63, 3.8) is 0 Å². The van der Waals surface area contributed by atoms with Gasteiger partial charge in [0.15, 0.2) is 0 Å². The van der Waals surface area contributed by atoms with Crippen molar-refractivity contribution in [1.82, 2.24) is 15.2 Å². The molecule has 3 rings (SSSR count). The van der Waals surface area contributed by atoms with Crippen molar-refractivity contribution < 1.29 is 18.0 Å². The Balaban J connectivity index is 1.86. The molecular formula is C16H10F3N3O. The van der Waals surface area contributed by atoms with Crippen LogP contribution in [-0.4, -0.2) is 27.1 Å². The third-order valence-electron chi connectivity index (χ3n) is 3.25. The molecule has 0 saturated heterocycles. The SMILES string of the molecule is O=C(c1ccc(-c2cc(-c3cccnc3)n[nH]2)cc1)C(F)(F)F. The highest BCUT2D eigenvalue weighted by Gasteiger charge is 2.39. The molecule has 0 bridgehead atoms. The molecule has 0 aliphatic carbocycles. The molecule has 3 aromatic rings. The standard InChI is InChI=1S/C16H10F3N3O/c17-16(18,19)15(23)11-5-3-10(4-6-11)13-8-14(22-21-13)12-2-1-7-20-9-12/h1-9H,(H,21,22). The number of halogens is 3. The Morgan fingerprint density at radius 3 is 2.39 bits per heavy atom. The summed E-state index contributed by atoms with van der Waals surface area (Å²) in [6.45, 7) is 0. The summed E-state index contributed by atoms with van der Waals surface area (Å²) in [5, 5.41) is 6.96. The lowest BCUT2D eigenvalue weighted by Gasteiger charge is -2.05. The Morgan fingerprint density at radius 1 is 1.04 bits per heavy atom. The average molecular weight is 317 g/mol. The van der Waals surface area contributed by atoms with Crippen LogP contribution in [0.1, 0.15) is 10.4 Å². The summed E-state index contributed by atoms with van der Waals surface area (Å²) in [7, 11) is 0. The lowest BCUT2D eigenvalue weighted by atomic mass is 10.1. The molecule has 2 aromatic heterocycles. The number of nitrogens with one attached hydrogen (secondary N) is 1. The van der Waals surface area contributed by atoms with Gasteiger partial charge in [-0.25, -0.2) is 0 Å². The van der Waals surface area contributed by atoms with Crippen molar-refractivity contribution in [2.75, 3.05) is 0 Å².